The van der Waals surface area contributed by atoms with Crippen molar-refractivity contribution in [3.05, 3.63) is 24.0 Å². The van der Waals surface area contributed by atoms with Gasteiger partial charge in [0.1, 0.15) is 22.3 Å². The lowest BCUT2D eigenvalue weighted by Crippen LogP contribution is -2.09. The number of rotatable bonds is 3. The molecule has 2 rings (SSSR count). The summed E-state index contributed by atoms with van der Waals surface area (Å²) in [6.07, 6.45) is 1.06. The molecule has 2 N–H and O–H groups in total. The smallest absolute Gasteiger partial charge is 0.265 e. The molecular formula is C11H12N2O5S. The quantitative estimate of drug-likeness (QED) is 0.871. The van der Waals surface area contributed by atoms with Gasteiger partial charge in [-0.15, -0.1) is 0 Å². The van der Waals surface area contributed by atoms with Crippen molar-refractivity contribution in [2.24, 2.45) is 0 Å². The van der Waals surface area contributed by atoms with Crippen molar-refractivity contribution in [1.29, 1.82) is 0 Å². The number of benzene rings is 1. The van der Waals surface area contributed by atoms with Gasteiger partial charge in [-0.3, -0.25) is 0 Å². The third kappa shape index (κ3) is 2.53. The standard InChI is InChI=1S/C11H12N2O5S/c1-6(19(2,16)17)10-12-11(18-13-10)9-7(14)4-3-5-8(9)15/h3-6,14-15H,1-2H3. The average Bonchev–Trinajstić information content (AvgIpc) is 2.75. The molecule has 0 amide bonds. The summed E-state index contributed by atoms with van der Waals surface area (Å²) < 4.78 is 27.7. The van der Waals surface area contributed by atoms with Gasteiger partial charge in [0.15, 0.2) is 15.7 Å². The number of hydrogen-bond donors (Lipinski definition) is 2. The minimum Gasteiger partial charge on any atom is -0.507 e. The van der Waals surface area contributed by atoms with E-state index in [1.165, 1.54) is 25.1 Å². The van der Waals surface area contributed by atoms with E-state index in [1.807, 2.05) is 0 Å². The zero-order valence-electron chi connectivity index (χ0n) is 10.2. The summed E-state index contributed by atoms with van der Waals surface area (Å²) in [7, 11) is -3.35. The molecule has 0 aliphatic rings. The number of phenols is 2. The summed E-state index contributed by atoms with van der Waals surface area (Å²) in [5, 5.41) is 21.9. The van der Waals surface area contributed by atoms with Gasteiger partial charge < -0.3 is 14.7 Å². The van der Waals surface area contributed by atoms with Crippen LogP contribution in [0.25, 0.3) is 11.5 Å². The molecule has 0 saturated heterocycles. The SMILES string of the molecule is CC(c1noc(-c2c(O)cccc2O)n1)S(C)(=O)=O. The van der Waals surface area contributed by atoms with Gasteiger partial charge in [-0.1, -0.05) is 11.2 Å². The van der Waals surface area contributed by atoms with Crippen LogP contribution in [0.4, 0.5) is 0 Å². The molecule has 1 atom stereocenters. The summed E-state index contributed by atoms with van der Waals surface area (Å²) in [4.78, 5) is 3.89. The van der Waals surface area contributed by atoms with Gasteiger partial charge in [0.2, 0.25) is 0 Å². The zero-order valence-corrected chi connectivity index (χ0v) is 11.0. The number of nitrogens with zero attached hydrogens (tertiary/aromatic N) is 2. The van der Waals surface area contributed by atoms with E-state index in [2.05, 4.69) is 10.1 Å². The monoisotopic (exact) mass is 284 g/mol. The molecule has 0 radical (unpaired) electrons. The summed E-state index contributed by atoms with van der Waals surface area (Å²) in [6.45, 7) is 1.43. The number of aromatic nitrogens is 2. The Balaban J connectivity index is 2.48. The lowest BCUT2D eigenvalue weighted by atomic mass is 10.2. The van der Waals surface area contributed by atoms with Gasteiger partial charge in [0.05, 0.1) is 0 Å². The van der Waals surface area contributed by atoms with Gasteiger partial charge in [-0.05, 0) is 19.1 Å². The lowest BCUT2D eigenvalue weighted by molar-refractivity contribution is 0.409. The Morgan fingerprint density at radius 3 is 2.37 bits per heavy atom. The molecule has 0 spiro atoms. The Labute approximate surface area is 109 Å². The highest BCUT2D eigenvalue weighted by atomic mass is 32.2. The second-order valence-corrected chi connectivity index (χ2v) is 6.47. The van der Waals surface area contributed by atoms with Crippen molar-refractivity contribution in [3.8, 4) is 23.0 Å². The summed E-state index contributed by atoms with van der Waals surface area (Å²) in [5.41, 5.74) is -0.0260. The minimum absolute atomic E-state index is 0.0260. The van der Waals surface area contributed by atoms with Crippen LogP contribution >= 0.6 is 0 Å². The van der Waals surface area contributed by atoms with E-state index in [4.69, 9.17) is 4.52 Å². The van der Waals surface area contributed by atoms with E-state index < -0.39 is 15.1 Å². The van der Waals surface area contributed by atoms with E-state index in [-0.39, 0.29) is 28.8 Å². The molecule has 2 aromatic rings. The number of sulfone groups is 1. The first kappa shape index (κ1) is 13.3. The largest absolute Gasteiger partial charge is 0.507 e. The van der Waals surface area contributed by atoms with E-state index in [0.29, 0.717) is 0 Å². The van der Waals surface area contributed by atoms with E-state index >= 15 is 0 Å². The molecule has 0 aliphatic carbocycles. The van der Waals surface area contributed by atoms with Crippen LogP contribution in [-0.2, 0) is 9.84 Å². The summed E-state index contributed by atoms with van der Waals surface area (Å²) in [6, 6.07) is 4.14. The zero-order chi connectivity index (χ0) is 14.2. The van der Waals surface area contributed by atoms with Crippen LogP contribution in [-0.4, -0.2) is 35.0 Å². The third-order valence-electron chi connectivity index (χ3n) is 2.68. The molecule has 19 heavy (non-hydrogen) atoms. The topological polar surface area (TPSA) is 114 Å². The highest BCUT2D eigenvalue weighted by Gasteiger charge is 2.25. The Kier molecular flexibility index (Phi) is 3.19. The van der Waals surface area contributed by atoms with Crippen molar-refractivity contribution in [2.45, 2.75) is 12.2 Å². The fourth-order valence-corrected chi connectivity index (χ4v) is 1.92. The van der Waals surface area contributed by atoms with Gasteiger partial charge in [0.25, 0.3) is 5.89 Å². The number of hydrogen-bond acceptors (Lipinski definition) is 7. The molecule has 0 aliphatic heterocycles. The molecule has 0 fully saturated rings. The second-order valence-electron chi connectivity index (χ2n) is 4.10. The fraction of sp³-hybridized carbons (Fsp3) is 0.273. The summed E-state index contributed by atoms with van der Waals surface area (Å²) >= 11 is 0. The summed E-state index contributed by atoms with van der Waals surface area (Å²) in [5.74, 6) is -0.634. The Morgan fingerprint density at radius 1 is 1.26 bits per heavy atom. The van der Waals surface area contributed by atoms with Crippen LogP contribution in [0.3, 0.4) is 0 Å². The molecule has 1 heterocycles. The maximum absolute atomic E-state index is 11.4. The first-order chi connectivity index (χ1) is 8.80. The van der Waals surface area contributed by atoms with Crippen LogP contribution in [0.5, 0.6) is 11.5 Å². The Bertz CT molecular complexity index is 687. The molecule has 8 heteroatoms. The van der Waals surface area contributed by atoms with E-state index in [1.54, 1.807) is 0 Å². The van der Waals surface area contributed by atoms with Crippen molar-refractivity contribution >= 4 is 9.84 Å². The van der Waals surface area contributed by atoms with Crippen molar-refractivity contribution in [2.75, 3.05) is 6.26 Å². The van der Waals surface area contributed by atoms with Crippen LogP contribution in [0.1, 0.15) is 18.0 Å². The molecular weight excluding hydrogens is 272 g/mol. The van der Waals surface area contributed by atoms with Gasteiger partial charge in [-0.25, -0.2) is 8.42 Å². The highest BCUT2D eigenvalue weighted by molar-refractivity contribution is 7.90. The van der Waals surface area contributed by atoms with Gasteiger partial charge in [0, 0.05) is 6.26 Å². The number of aromatic hydroxyl groups is 2. The van der Waals surface area contributed by atoms with Crippen LogP contribution in [0, 0.1) is 0 Å². The molecule has 1 unspecified atom stereocenters. The maximum Gasteiger partial charge on any atom is 0.265 e. The van der Waals surface area contributed by atoms with E-state index in [9.17, 15) is 18.6 Å². The first-order valence-corrected chi connectivity index (χ1v) is 7.30. The fourth-order valence-electron chi connectivity index (χ4n) is 1.44. The van der Waals surface area contributed by atoms with Crippen molar-refractivity contribution in [3.63, 3.8) is 0 Å². The number of phenolic OH excluding ortho intramolecular Hbond substituents is 2. The van der Waals surface area contributed by atoms with Gasteiger partial charge in [-0.2, -0.15) is 4.98 Å². The normalized spacial score (nSPS) is 13.4. The van der Waals surface area contributed by atoms with Gasteiger partial charge >= 0.3 is 0 Å². The predicted octanol–water partition coefficient (Wildman–Crippen LogP) is 1.25. The second kappa shape index (κ2) is 4.54. The van der Waals surface area contributed by atoms with Crippen LogP contribution in [0.2, 0.25) is 0 Å². The van der Waals surface area contributed by atoms with E-state index in [0.717, 1.165) is 6.26 Å². The van der Waals surface area contributed by atoms with Crippen molar-refractivity contribution < 1.29 is 23.2 Å². The lowest BCUT2D eigenvalue weighted by Gasteiger charge is -2.02. The maximum atomic E-state index is 11.4. The molecule has 7 nitrogen and oxygen atoms in total. The van der Waals surface area contributed by atoms with Crippen LogP contribution in [0.15, 0.2) is 22.7 Å². The molecule has 1 aromatic carbocycles. The first-order valence-electron chi connectivity index (χ1n) is 5.34. The minimum atomic E-state index is -3.35. The van der Waals surface area contributed by atoms with Crippen molar-refractivity contribution in [1.82, 2.24) is 10.1 Å². The molecule has 1 aromatic heterocycles. The average molecular weight is 284 g/mol. The molecule has 0 saturated carbocycles. The highest BCUT2D eigenvalue weighted by Crippen LogP contribution is 2.36. The molecule has 0 bridgehead atoms. The Morgan fingerprint density at radius 2 is 1.84 bits per heavy atom. The predicted molar refractivity (Wildman–Crippen MR) is 66.3 cm³/mol. The molecule has 102 valence electrons. The third-order valence-corrected chi connectivity index (χ3v) is 4.18. The van der Waals surface area contributed by atoms with Crippen LogP contribution < -0.4 is 0 Å². The Hall–Kier alpha value is -2.09.